The maximum absolute atomic E-state index is 11.9. The van der Waals surface area contributed by atoms with Crippen LogP contribution in [0.25, 0.3) is 0 Å². The first-order valence-corrected chi connectivity index (χ1v) is 8.65. The second-order valence-electron chi connectivity index (χ2n) is 5.87. The summed E-state index contributed by atoms with van der Waals surface area (Å²) in [6.07, 6.45) is 0.562. The molecule has 0 aromatic rings. The average molecular weight is 304 g/mol. The van der Waals surface area contributed by atoms with E-state index in [9.17, 15) is 18.0 Å². The predicted molar refractivity (Wildman–Crippen MR) is 77.1 cm³/mol. The van der Waals surface area contributed by atoms with Gasteiger partial charge in [0.2, 0.25) is 5.91 Å². The molecule has 1 heterocycles. The first-order chi connectivity index (χ1) is 9.12. The fourth-order valence-electron chi connectivity index (χ4n) is 2.44. The summed E-state index contributed by atoms with van der Waals surface area (Å²) in [7, 11) is -1.21. The largest absolute Gasteiger partial charge is 0.345 e. The minimum atomic E-state index is -2.95. The first-order valence-electron chi connectivity index (χ1n) is 6.83. The Balaban J connectivity index is 2.52. The zero-order valence-electron chi connectivity index (χ0n) is 12.5. The number of hydrogen-bond donors (Lipinski definition) is 1. The van der Waals surface area contributed by atoms with Crippen molar-refractivity contribution in [1.29, 1.82) is 0 Å². The second-order valence-corrected chi connectivity index (χ2v) is 8.10. The smallest absolute Gasteiger partial charge is 0.234 e. The Morgan fingerprint density at radius 3 is 2.35 bits per heavy atom. The number of sulfone groups is 1. The third-order valence-corrected chi connectivity index (χ3v) is 5.40. The lowest BCUT2D eigenvalue weighted by molar-refractivity contribution is -0.128. The van der Waals surface area contributed by atoms with Gasteiger partial charge in [-0.3, -0.25) is 14.5 Å². The highest BCUT2D eigenvalue weighted by Crippen LogP contribution is 2.16. The Kier molecular flexibility index (Phi) is 5.70. The van der Waals surface area contributed by atoms with Crippen LogP contribution in [-0.4, -0.2) is 62.2 Å². The van der Waals surface area contributed by atoms with Crippen LogP contribution in [0.5, 0.6) is 0 Å². The Labute approximate surface area is 120 Å². The normalized spacial score (nSPS) is 23.0. The van der Waals surface area contributed by atoms with E-state index in [-0.39, 0.29) is 41.7 Å². The monoisotopic (exact) mass is 304 g/mol. The molecule has 0 aromatic heterocycles. The molecule has 1 aliphatic rings. The molecule has 116 valence electrons. The predicted octanol–water partition coefficient (Wildman–Crippen LogP) is -0.165. The number of carbonyl (C=O) groups excluding carboxylic acids is 2. The highest BCUT2D eigenvalue weighted by atomic mass is 32.2. The van der Waals surface area contributed by atoms with Crippen LogP contribution in [0.3, 0.4) is 0 Å². The summed E-state index contributed by atoms with van der Waals surface area (Å²) >= 11 is 0. The van der Waals surface area contributed by atoms with Crippen molar-refractivity contribution in [2.24, 2.45) is 5.92 Å². The van der Waals surface area contributed by atoms with Crippen LogP contribution in [-0.2, 0) is 19.4 Å². The van der Waals surface area contributed by atoms with Gasteiger partial charge >= 0.3 is 0 Å². The van der Waals surface area contributed by atoms with Gasteiger partial charge in [0.1, 0.15) is 0 Å². The summed E-state index contributed by atoms with van der Waals surface area (Å²) in [6, 6.07) is -0.594. The quantitative estimate of drug-likeness (QED) is 0.737. The van der Waals surface area contributed by atoms with E-state index in [1.54, 1.807) is 11.9 Å². The van der Waals surface area contributed by atoms with Gasteiger partial charge in [-0.05, 0) is 26.3 Å². The molecule has 2 atom stereocenters. The molecule has 0 aromatic carbocycles. The van der Waals surface area contributed by atoms with E-state index in [4.69, 9.17) is 0 Å². The van der Waals surface area contributed by atoms with Gasteiger partial charge in [-0.2, -0.15) is 0 Å². The first kappa shape index (κ1) is 17.1. The van der Waals surface area contributed by atoms with Crippen molar-refractivity contribution in [2.75, 3.05) is 25.1 Å². The van der Waals surface area contributed by atoms with Crippen molar-refractivity contribution < 1.29 is 18.0 Å². The number of ketones is 1. The lowest BCUT2D eigenvalue weighted by Gasteiger charge is -2.25. The van der Waals surface area contributed by atoms with E-state index < -0.39 is 15.9 Å². The number of nitrogens with zero attached hydrogens (tertiary/aromatic N) is 1. The second kappa shape index (κ2) is 6.67. The third-order valence-electron chi connectivity index (χ3n) is 3.65. The molecule has 0 radical (unpaired) electrons. The molecule has 1 rings (SSSR count). The van der Waals surface area contributed by atoms with Crippen LogP contribution in [0.1, 0.15) is 27.2 Å². The molecular formula is C13H24N2O4S. The molecule has 0 saturated carbocycles. The van der Waals surface area contributed by atoms with Crippen molar-refractivity contribution in [3.05, 3.63) is 0 Å². The molecule has 0 bridgehead atoms. The topological polar surface area (TPSA) is 83.6 Å². The van der Waals surface area contributed by atoms with E-state index in [2.05, 4.69) is 5.32 Å². The summed E-state index contributed by atoms with van der Waals surface area (Å²) in [5.41, 5.74) is 0. The number of rotatable bonds is 6. The zero-order valence-corrected chi connectivity index (χ0v) is 13.4. The molecule has 6 nitrogen and oxygen atoms in total. The molecule has 1 saturated heterocycles. The van der Waals surface area contributed by atoms with Crippen LogP contribution in [0, 0.1) is 5.92 Å². The van der Waals surface area contributed by atoms with Crippen LogP contribution in [0.15, 0.2) is 0 Å². The lowest BCUT2D eigenvalue weighted by atomic mass is 10.0. The number of Topliss-reactive ketones (excluding diaryl/α,β-unsaturated/α-hetero) is 1. The standard InChI is InChI=1S/C13H24N2O4S/c1-9(2)13(10(3)16)14-12(17)7-15(4)11-5-6-20(18,19)8-11/h9,11,13H,5-8H2,1-4H3,(H,14,17). The number of likely N-dealkylation sites (N-methyl/N-ethyl adjacent to an activating group) is 1. The molecule has 20 heavy (non-hydrogen) atoms. The van der Waals surface area contributed by atoms with Crippen molar-refractivity contribution in [3.8, 4) is 0 Å². The zero-order chi connectivity index (χ0) is 15.5. The minimum absolute atomic E-state index is 0.0358. The number of nitrogens with one attached hydrogen (secondary N) is 1. The number of hydrogen-bond acceptors (Lipinski definition) is 5. The molecule has 1 amide bonds. The van der Waals surface area contributed by atoms with E-state index in [1.165, 1.54) is 6.92 Å². The third kappa shape index (κ3) is 4.86. The van der Waals surface area contributed by atoms with E-state index >= 15 is 0 Å². The average Bonchev–Trinajstić information content (AvgIpc) is 2.65. The fraction of sp³-hybridized carbons (Fsp3) is 0.846. The van der Waals surface area contributed by atoms with Gasteiger partial charge in [0.05, 0.1) is 24.1 Å². The SMILES string of the molecule is CC(=O)C(NC(=O)CN(C)C1CCS(=O)(=O)C1)C(C)C. The molecule has 0 spiro atoms. The van der Waals surface area contributed by atoms with E-state index in [0.29, 0.717) is 6.42 Å². The van der Waals surface area contributed by atoms with E-state index in [0.717, 1.165) is 0 Å². The molecule has 1 fully saturated rings. The molecule has 1 N–H and O–H groups in total. The summed E-state index contributed by atoms with van der Waals surface area (Å²) in [5.74, 6) is 0.0155. The molecular weight excluding hydrogens is 280 g/mol. The van der Waals surface area contributed by atoms with Crippen molar-refractivity contribution >= 4 is 21.5 Å². The van der Waals surface area contributed by atoms with E-state index in [1.807, 2.05) is 13.8 Å². The Morgan fingerprint density at radius 1 is 1.35 bits per heavy atom. The van der Waals surface area contributed by atoms with Crippen LogP contribution < -0.4 is 5.32 Å². The Hall–Kier alpha value is -0.950. The summed E-state index contributed by atoms with van der Waals surface area (Å²) in [6.45, 7) is 5.31. The minimum Gasteiger partial charge on any atom is -0.345 e. The van der Waals surface area contributed by atoms with Gasteiger partial charge < -0.3 is 5.32 Å². The van der Waals surface area contributed by atoms with Crippen molar-refractivity contribution in [2.45, 2.75) is 39.3 Å². The maximum Gasteiger partial charge on any atom is 0.234 e. The Bertz CT molecular complexity index is 473. The lowest BCUT2D eigenvalue weighted by Crippen LogP contribution is -2.48. The molecule has 2 unspecified atom stereocenters. The Morgan fingerprint density at radius 2 is 1.95 bits per heavy atom. The van der Waals surface area contributed by atoms with Gasteiger partial charge in [0, 0.05) is 6.04 Å². The van der Waals surface area contributed by atoms with Crippen LogP contribution in [0.2, 0.25) is 0 Å². The van der Waals surface area contributed by atoms with Crippen molar-refractivity contribution in [1.82, 2.24) is 10.2 Å². The van der Waals surface area contributed by atoms with Gasteiger partial charge in [0.25, 0.3) is 0 Å². The van der Waals surface area contributed by atoms with Crippen molar-refractivity contribution in [3.63, 3.8) is 0 Å². The fourth-order valence-corrected chi connectivity index (χ4v) is 4.24. The van der Waals surface area contributed by atoms with Crippen LogP contribution in [0.4, 0.5) is 0 Å². The molecule has 0 aliphatic carbocycles. The van der Waals surface area contributed by atoms with Gasteiger partial charge in [0.15, 0.2) is 15.6 Å². The highest BCUT2D eigenvalue weighted by Gasteiger charge is 2.31. The summed E-state index contributed by atoms with van der Waals surface area (Å²) < 4.78 is 22.8. The number of amides is 1. The van der Waals surface area contributed by atoms with Gasteiger partial charge in [-0.15, -0.1) is 0 Å². The van der Waals surface area contributed by atoms with Gasteiger partial charge in [-0.25, -0.2) is 8.42 Å². The highest BCUT2D eigenvalue weighted by molar-refractivity contribution is 7.91. The van der Waals surface area contributed by atoms with Gasteiger partial charge in [-0.1, -0.05) is 13.8 Å². The number of carbonyl (C=O) groups is 2. The van der Waals surface area contributed by atoms with Crippen LogP contribution >= 0.6 is 0 Å². The maximum atomic E-state index is 11.9. The summed E-state index contributed by atoms with van der Waals surface area (Å²) in [5, 5.41) is 2.71. The molecule has 1 aliphatic heterocycles. The summed E-state index contributed by atoms with van der Waals surface area (Å²) in [4.78, 5) is 25.1. The molecule has 7 heteroatoms.